The number of aromatic amines is 1. The number of H-pyrrole nitrogens is 1. The number of rotatable bonds is 3. The monoisotopic (exact) mass is 229 g/mol. The molecule has 1 aromatic heterocycles. The lowest BCUT2D eigenvalue weighted by atomic mass is 10.2. The number of nitrogens with zero attached hydrogens (tertiary/aromatic N) is 1. The molecule has 4 nitrogen and oxygen atoms in total. The van der Waals surface area contributed by atoms with Gasteiger partial charge in [-0.1, -0.05) is 24.3 Å². The van der Waals surface area contributed by atoms with Crippen molar-refractivity contribution in [2.24, 2.45) is 5.73 Å². The standard InChI is InChI=1S/C13H15N3O/c1-10-9-15-13(17)16(10)12-6-2-4-11(8-12)5-3-7-14/h2-6,8-9H,7,14H2,1H3,(H,15,17)/b5-3+. The van der Waals surface area contributed by atoms with Gasteiger partial charge in [-0.3, -0.25) is 4.57 Å². The summed E-state index contributed by atoms with van der Waals surface area (Å²) < 4.78 is 1.64. The molecule has 0 fully saturated rings. The highest BCUT2D eigenvalue weighted by molar-refractivity contribution is 5.53. The largest absolute Gasteiger partial charge is 0.330 e. The van der Waals surface area contributed by atoms with Crippen LogP contribution in [0.4, 0.5) is 0 Å². The molecule has 1 heterocycles. The minimum atomic E-state index is -0.123. The van der Waals surface area contributed by atoms with Gasteiger partial charge in [0, 0.05) is 18.4 Å². The van der Waals surface area contributed by atoms with Crippen LogP contribution in [-0.2, 0) is 0 Å². The van der Waals surface area contributed by atoms with Gasteiger partial charge in [0.25, 0.3) is 0 Å². The third kappa shape index (κ3) is 2.37. The van der Waals surface area contributed by atoms with Crippen LogP contribution in [0.5, 0.6) is 0 Å². The van der Waals surface area contributed by atoms with Crippen molar-refractivity contribution in [1.29, 1.82) is 0 Å². The molecular formula is C13H15N3O. The van der Waals surface area contributed by atoms with Gasteiger partial charge in [-0.05, 0) is 24.6 Å². The molecule has 0 aliphatic rings. The summed E-state index contributed by atoms with van der Waals surface area (Å²) in [5, 5.41) is 0. The van der Waals surface area contributed by atoms with E-state index in [9.17, 15) is 4.79 Å². The SMILES string of the molecule is Cc1c[nH]c(=O)n1-c1cccc(/C=C/CN)c1. The van der Waals surface area contributed by atoms with Crippen molar-refractivity contribution in [1.82, 2.24) is 9.55 Å². The molecule has 2 aromatic rings. The first-order valence-electron chi connectivity index (χ1n) is 5.46. The number of aromatic nitrogens is 2. The lowest BCUT2D eigenvalue weighted by Gasteiger charge is -2.04. The average Bonchev–Trinajstić information content (AvgIpc) is 2.67. The van der Waals surface area contributed by atoms with Crippen LogP contribution in [0.3, 0.4) is 0 Å². The van der Waals surface area contributed by atoms with Gasteiger partial charge in [0.1, 0.15) is 0 Å². The predicted molar refractivity (Wildman–Crippen MR) is 69.2 cm³/mol. The summed E-state index contributed by atoms with van der Waals surface area (Å²) in [5.74, 6) is 0. The van der Waals surface area contributed by atoms with Crippen LogP contribution >= 0.6 is 0 Å². The smallest absolute Gasteiger partial charge is 0.327 e. The van der Waals surface area contributed by atoms with Gasteiger partial charge in [0.05, 0.1) is 5.69 Å². The highest BCUT2D eigenvalue weighted by Gasteiger charge is 2.04. The molecule has 4 heteroatoms. The molecule has 88 valence electrons. The topological polar surface area (TPSA) is 63.8 Å². The number of hydrogen-bond acceptors (Lipinski definition) is 2. The Labute approximate surface area is 99.4 Å². The maximum atomic E-state index is 11.6. The van der Waals surface area contributed by atoms with Crippen LogP contribution in [0.2, 0.25) is 0 Å². The Kier molecular flexibility index (Phi) is 3.25. The third-order valence-electron chi connectivity index (χ3n) is 2.54. The summed E-state index contributed by atoms with van der Waals surface area (Å²) >= 11 is 0. The van der Waals surface area contributed by atoms with E-state index in [2.05, 4.69) is 4.98 Å². The molecule has 0 unspecified atom stereocenters. The maximum absolute atomic E-state index is 11.6. The van der Waals surface area contributed by atoms with E-state index in [-0.39, 0.29) is 5.69 Å². The highest BCUT2D eigenvalue weighted by Crippen LogP contribution is 2.11. The van der Waals surface area contributed by atoms with Crippen LogP contribution in [0.1, 0.15) is 11.3 Å². The summed E-state index contributed by atoms with van der Waals surface area (Å²) in [7, 11) is 0. The van der Waals surface area contributed by atoms with E-state index in [1.165, 1.54) is 0 Å². The minimum absolute atomic E-state index is 0.123. The summed E-state index contributed by atoms with van der Waals surface area (Å²) in [6, 6.07) is 7.75. The molecule has 0 spiro atoms. The zero-order chi connectivity index (χ0) is 12.3. The van der Waals surface area contributed by atoms with E-state index in [4.69, 9.17) is 5.73 Å². The Bertz CT molecular complexity index is 593. The Hall–Kier alpha value is -2.07. The van der Waals surface area contributed by atoms with E-state index >= 15 is 0 Å². The van der Waals surface area contributed by atoms with Gasteiger partial charge < -0.3 is 10.7 Å². The fourth-order valence-corrected chi connectivity index (χ4v) is 1.75. The molecule has 1 aromatic carbocycles. The van der Waals surface area contributed by atoms with Crippen LogP contribution in [0.25, 0.3) is 11.8 Å². The Morgan fingerprint density at radius 3 is 2.94 bits per heavy atom. The summed E-state index contributed by atoms with van der Waals surface area (Å²) in [6.07, 6.45) is 5.52. The van der Waals surface area contributed by atoms with Crippen molar-refractivity contribution in [2.75, 3.05) is 6.54 Å². The molecule has 0 bridgehead atoms. The van der Waals surface area contributed by atoms with E-state index in [0.29, 0.717) is 6.54 Å². The first-order chi connectivity index (χ1) is 8.22. The Morgan fingerprint density at radius 1 is 1.47 bits per heavy atom. The van der Waals surface area contributed by atoms with E-state index < -0.39 is 0 Å². The number of nitrogens with one attached hydrogen (secondary N) is 1. The first kappa shape index (κ1) is 11.4. The Balaban J connectivity index is 2.47. The number of hydrogen-bond donors (Lipinski definition) is 2. The summed E-state index contributed by atoms with van der Waals surface area (Å²) in [5.41, 5.74) is 8.05. The number of nitrogens with two attached hydrogens (primary N) is 1. The van der Waals surface area contributed by atoms with Gasteiger partial charge in [-0.15, -0.1) is 0 Å². The zero-order valence-corrected chi connectivity index (χ0v) is 9.68. The maximum Gasteiger partial charge on any atom is 0.330 e. The average molecular weight is 229 g/mol. The van der Waals surface area contributed by atoms with Gasteiger partial charge in [0.15, 0.2) is 0 Å². The lowest BCUT2D eigenvalue weighted by molar-refractivity contribution is 0.949. The van der Waals surface area contributed by atoms with Crippen molar-refractivity contribution >= 4 is 6.08 Å². The summed E-state index contributed by atoms with van der Waals surface area (Å²) in [4.78, 5) is 14.3. The van der Waals surface area contributed by atoms with Crippen LogP contribution in [-0.4, -0.2) is 16.1 Å². The fourth-order valence-electron chi connectivity index (χ4n) is 1.75. The van der Waals surface area contributed by atoms with Crippen molar-refractivity contribution in [3.63, 3.8) is 0 Å². The summed E-state index contributed by atoms with van der Waals surface area (Å²) in [6.45, 7) is 2.40. The molecular weight excluding hydrogens is 214 g/mol. The minimum Gasteiger partial charge on any atom is -0.327 e. The molecule has 0 amide bonds. The first-order valence-corrected chi connectivity index (χ1v) is 5.46. The molecule has 0 atom stereocenters. The van der Waals surface area contributed by atoms with Crippen molar-refractivity contribution in [3.05, 3.63) is 58.3 Å². The molecule has 17 heavy (non-hydrogen) atoms. The molecule has 0 radical (unpaired) electrons. The van der Waals surface area contributed by atoms with Gasteiger partial charge in [0.2, 0.25) is 0 Å². The zero-order valence-electron chi connectivity index (χ0n) is 9.68. The second-order valence-corrected chi connectivity index (χ2v) is 3.80. The quantitative estimate of drug-likeness (QED) is 0.836. The molecule has 3 N–H and O–H groups in total. The molecule has 0 aliphatic heterocycles. The van der Waals surface area contributed by atoms with Crippen molar-refractivity contribution < 1.29 is 0 Å². The van der Waals surface area contributed by atoms with Gasteiger partial charge >= 0.3 is 5.69 Å². The van der Waals surface area contributed by atoms with E-state index in [0.717, 1.165) is 16.9 Å². The second kappa shape index (κ2) is 4.84. The molecule has 0 saturated carbocycles. The Morgan fingerprint density at radius 2 is 2.29 bits per heavy atom. The number of aryl methyl sites for hydroxylation is 1. The molecule has 0 saturated heterocycles. The highest BCUT2D eigenvalue weighted by atomic mass is 16.1. The molecule has 2 rings (SSSR count). The van der Waals surface area contributed by atoms with Crippen LogP contribution in [0.15, 0.2) is 41.3 Å². The van der Waals surface area contributed by atoms with Gasteiger partial charge in [-0.25, -0.2) is 4.79 Å². The lowest BCUT2D eigenvalue weighted by Crippen LogP contribution is -2.15. The normalized spacial score (nSPS) is 11.2. The second-order valence-electron chi connectivity index (χ2n) is 3.80. The van der Waals surface area contributed by atoms with Crippen LogP contribution in [0, 0.1) is 6.92 Å². The number of imidazole rings is 1. The molecule has 0 aliphatic carbocycles. The van der Waals surface area contributed by atoms with E-state index in [1.807, 2.05) is 43.3 Å². The van der Waals surface area contributed by atoms with Crippen molar-refractivity contribution in [2.45, 2.75) is 6.92 Å². The van der Waals surface area contributed by atoms with Crippen molar-refractivity contribution in [3.8, 4) is 5.69 Å². The van der Waals surface area contributed by atoms with Gasteiger partial charge in [-0.2, -0.15) is 0 Å². The fraction of sp³-hybridized carbons (Fsp3) is 0.154. The third-order valence-corrected chi connectivity index (χ3v) is 2.54. The predicted octanol–water partition coefficient (Wildman–Crippen LogP) is 1.45. The van der Waals surface area contributed by atoms with Crippen LogP contribution < -0.4 is 11.4 Å². The number of benzene rings is 1. The van der Waals surface area contributed by atoms with E-state index in [1.54, 1.807) is 10.8 Å².